The van der Waals surface area contributed by atoms with Gasteiger partial charge in [-0.25, -0.2) is 0 Å². The molecule has 0 unspecified atom stereocenters. The van der Waals surface area contributed by atoms with Gasteiger partial charge in [-0.2, -0.15) is 5.10 Å². The van der Waals surface area contributed by atoms with Crippen molar-refractivity contribution in [2.75, 3.05) is 11.5 Å². The van der Waals surface area contributed by atoms with E-state index in [2.05, 4.69) is 18.9 Å². The summed E-state index contributed by atoms with van der Waals surface area (Å²) in [5.41, 5.74) is 7.71. The number of hydrogen-bond donors (Lipinski definition) is 1. The van der Waals surface area contributed by atoms with Crippen molar-refractivity contribution in [3.05, 3.63) is 5.69 Å². The highest BCUT2D eigenvalue weighted by molar-refractivity contribution is 7.99. The second-order valence-electron chi connectivity index (χ2n) is 2.96. The Hall–Kier alpha value is -0.640. The first-order chi connectivity index (χ1) is 6.20. The summed E-state index contributed by atoms with van der Waals surface area (Å²) < 4.78 is 2.01. The summed E-state index contributed by atoms with van der Waals surface area (Å²) in [5.74, 6) is 1.04. The van der Waals surface area contributed by atoms with Crippen LogP contribution in [-0.2, 0) is 6.54 Å². The molecule has 4 heteroatoms. The molecule has 0 saturated heterocycles. The van der Waals surface area contributed by atoms with Crippen LogP contribution in [0.2, 0.25) is 0 Å². The molecule has 0 spiro atoms. The number of aromatic nitrogens is 2. The molecule has 0 aliphatic rings. The molecule has 1 heterocycles. The van der Waals surface area contributed by atoms with Crippen LogP contribution in [0.1, 0.15) is 26.0 Å². The molecule has 0 fully saturated rings. The predicted octanol–water partition coefficient (Wildman–Crippen LogP) is 2.30. The van der Waals surface area contributed by atoms with Crippen LogP contribution in [0, 0.1) is 6.92 Å². The molecule has 13 heavy (non-hydrogen) atoms. The summed E-state index contributed by atoms with van der Waals surface area (Å²) in [6.45, 7) is 7.19. The fourth-order valence-corrected chi connectivity index (χ4v) is 2.08. The molecule has 0 aliphatic carbocycles. The summed E-state index contributed by atoms with van der Waals surface area (Å²) in [6, 6.07) is 0. The molecular formula is C9H17N3S. The van der Waals surface area contributed by atoms with Crippen molar-refractivity contribution in [2.45, 2.75) is 38.8 Å². The van der Waals surface area contributed by atoms with Gasteiger partial charge in [-0.05, 0) is 19.1 Å². The number of nitrogens with zero attached hydrogens (tertiary/aromatic N) is 2. The van der Waals surface area contributed by atoms with E-state index in [0.717, 1.165) is 35.1 Å². The highest BCUT2D eigenvalue weighted by Gasteiger charge is 2.10. The first-order valence-corrected chi connectivity index (χ1v) is 5.64. The average molecular weight is 199 g/mol. The van der Waals surface area contributed by atoms with Crippen molar-refractivity contribution in [1.29, 1.82) is 0 Å². The third-order valence-electron chi connectivity index (χ3n) is 1.84. The summed E-state index contributed by atoms with van der Waals surface area (Å²) in [7, 11) is 0. The molecule has 0 aliphatic heterocycles. The van der Waals surface area contributed by atoms with E-state index in [9.17, 15) is 0 Å². The number of nitrogen functional groups attached to an aromatic ring is 1. The SMILES string of the molecule is CCCn1nc(C)c(N)c1SCC. The monoisotopic (exact) mass is 199 g/mol. The van der Waals surface area contributed by atoms with Crippen molar-refractivity contribution >= 4 is 17.4 Å². The molecular weight excluding hydrogens is 182 g/mol. The largest absolute Gasteiger partial charge is 0.395 e. The Balaban J connectivity index is 2.96. The van der Waals surface area contributed by atoms with E-state index in [0.29, 0.717) is 0 Å². The molecule has 3 nitrogen and oxygen atoms in total. The van der Waals surface area contributed by atoms with Crippen LogP contribution in [0.5, 0.6) is 0 Å². The standard InChI is InChI=1S/C9H17N3S/c1-4-6-12-9(13-5-2)8(10)7(3)11-12/h4-6,10H2,1-3H3. The lowest BCUT2D eigenvalue weighted by atomic mass is 10.4. The van der Waals surface area contributed by atoms with Crippen molar-refractivity contribution in [3.8, 4) is 0 Å². The summed E-state index contributed by atoms with van der Waals surface area (Å²) >= 11 is 1.76. The van der Waals surface area contributed by atoms with Crippen molar-refractivity contribution in [3.63, 3.8) is 0 Å². The van der Waals surface area contributed by atoms with Crippen LogP contribution < -0.4 is 5.73 Å². The van der Waals surface area contributed by atoms with Gasteiger partial charge in [-0.3, -0.25) is 4.68 Å². The van der Waals surface area contributed by atoms with E-state index in [4.69, 9.17) is 5.73 Å². The molecule has 1 aromatic heterocycles. The van der Waals surface area contributed by atoms with Crippen LogP contribution in [0.25, 0.3) is 0 Å². The van der Waals surface area contributed by atoms with Gasteiger partial charge in [0, 0.05) is 6.54 Å². The second kappa shape index (κ2) is 4.56. The number of aryl methyl sites for hydroxylation is 2. The number of hydrogen-bond acceptors (Lipinski definition) is 3. The average Bonchev–Trinajstić information content (AvgIpc) is 2.34. The van der Waals surface area contributed by atoms with E-state index >= 15 is 0 Å². The fraction of sp³-hybridized carbons (Fsp3) is 0.667. The quantitative estimate of drug-likeness (QED) is 0.757. The third kappa shape index (κ3) is 2.18. The Bertz CT molecular complexity index is 281. The summed E-state index contributed by atoms with van der Waals surface area (Å²) in [5, 5.41) is 5.52. The molecule has 0 radical (unpaired) electrons. The molecule has 0 amide bonds. The highest BCUT2D eigenvalue weighted by Crippen LogP contribution is 2.27. The van der Waals surface area contributed by atoms with Crippen LogP contribution in [0.15, 0.2) is 5.03 Å². The number of anilines is 1. The zero-order valence-corrected chi connectivity index (χ0v) is 9.32. The molecule has 0 atom stereocenters. The Kier molecular flexibility index (Phi) is 3.66. The summed E-state index contributed by atoms with van der Waals surface area (Å²) in [6.07, 6.45) is 1.10. The van der Waals surface area contributed by atoms with Gasteiger partial charge >= 0.3 is 0 Å². The lowest BCUT2D eigenvalue weighted by Crippen LogP contribution is -2.01. The van der Waals surface area contributed by atoms with Gasteiger partial charge in [-0.1, -0.05) is 13.8 Å². The van der Waals surface area contributed by atoms with Gasteiger partial charge in [0.2, 0.25) is 0 Å². The van der Waals surface area contributed by atoms with E-state index in [1.54, 1.807) is 11.8 Å². The Morgan fingerprint density at radius 1 is 1.46 bits per heavy atom. The van der Waals surface area contributed by atoms with E-state index in [1.807, 2.05) is 11.6 Å². The van der Waals surface area contributed by atoms with Crippen LogP contribution in [-0.4, -0.2) is 15.5 Å². The Morgan fingerprint density at radius 2 is 2.15 bits per heavy atom. The molecule has 2 N–H and O–H groups in total. The maximum absolute atomic E-state index is 5.92. The van der Waals surface area contributed by atoms with Crippen LogP contribution in [0.4, 0.5) is 5.69 Å². The van der Waals surface area contributed by atoms with Gasteiger partial charge in [0.05, 0.1) is 11.4 Å². The van der Waals surface area contributed by atoms with Gasteiger partial charge in [0.1, 0.15) is 5.03 Å². The van der Waals surface area contributed by atoms with Crippen molar-refractivity contribution in [2.24, 2.45) is 0 Å². The van der Waals surface area contributed by atoms with Crippen LogP contribution >= 0.6 is 11.8 Å². The minimum Gasteiger partial charge on any atom is -0.395 e. The minimum atomic E-state index is 0.848. The first-order valence-electron chi connectivity index (χ1n) is 4.66. The van der Waals surface area contributed by atoms with Gasteiger partial charge in [0.15, 0.2) is 0 Å². The molecule has 74 valence electrons. The maximum atomic E-state index is 5.92. The Labute approximate surface area is 83.7 Å². The zero-order valence-electron chi connectivity index (χ0n) is 8.50. The first kappa shape index (κ1) is 10.4. The number of thioether (sulfide) groups is 1. The normalized spacial score (nSPS) is 10.7. The third-order valence-corrected chi connectivity index (χ3v) is 2.83. The number of nitrogens with two attached hydrogens (primary N) is 1. The van der Waals surface area contributed by atoms with Gasteiger partial charge in [0.25, 0.3) is 0 Å². The zero-order chi connectivity index (χ0) is 9.84. The molecule has 1 rings (SSSR count). The fourth-order valence-electron chi connectivity index (χ4n) is 1.23. The Morgan fingerprint density at radius 3 is 2.69 bits per heavy atom. The van der Waals surface area contributed by atoms with E-state index in [1.165, 1.54) is 0 Å². The predicted molar refractivity (Wildman–Crippen MR) is 58.1 cm³/mol. The van der Waals surface area contributed by atoms with Gasteiger partial charge < -0.3 is 5.73 Å². The molecule has 0 saturated carbocycles. The van der Waals surface area contributed by atoms with Gasteiger partial charge in [-0.15, -0.1) is 11.8 Å². The van der Waals surface area contributed by atoms with Crippen molar-refractivity contribution in [1.82, 2.24) is 9.78 Å². The van der Waals surface area contributed by atoms with E-state index in [-0.39, 0.29) is 0 Å². The van der Waals surface area contributed by atoms with Crippen molar-refractivity contribution < 1.29 is 0 Å². The highest BCUT2D eigenvalue weighted by atomic mass is 32.2. The summed E-state index contributed by atoms with van der Waals surface area (Å²) in [4.78, 5) is 0. The number of rotatable bonds is 4. The molecule has 1 aromatic rings. The smallest absolute Gasteiger partial charge is 0.117 e. The maximum Gasteiger partial charge on any atom is 0.117 e. The topological polar surface area (TPSA) is 43.8 Å². The second-order valence-corrected chi connectivity index (χ2v) is 4.21. The lowest BCUT2D eigenvalue weighted by Gasteiger charge is -2.04. The molecule has 0 bridgehead atoms. The molecule has 0 aromatic carbocycles. The van der Waals surface area contributed by atoms with E-state index < -0.39 is 0 Å². The van der Waals surface area contributed by atoms with Crippen LogP contribution in [0.3, 0.4) is 0 Å². The lowest BCUT2D eigenvalue weighted by molar-refractivity contribution is 0.556. The minimum absolute atomic E-state index is 0.848.